The minimum atomic E-state index is -0.150. The van der Waals surface area contributed by atoms with Gasteiger partial charge in [-0.05, 0) is 36.2 Å². The lowest BCUT2D eigenvalue weighted by Crippen LogP contribution is -2.24. The number of carbonyl (C=O) groups excluding carboxylic acids is 1. The molecule has 3 N–H and O–H groups in total. The highest BCUT2D eigenvalue weighted by Crippen LogP contribution is 2.19. The summed E-state index contributed by atoms with van der Waals surface area (Å²) in [6, 6.07) is 12.7. The van der Waals surface area contributed by atoms with E-state index in [1.165, 1.54) is 0 Å². The molecule has 0 bridgehead atoms. The van der Waals surface area contributed by atoms with E-state index in [1.54, 1.807) is 18.2 Å². The summed E-state index contributed by atoms with van der Waals surface area (Å²) in [5, 5.41) is 3.44. The number of hydrogen-bond acceptors (Lipinski definition) is 2. The van der Waals surface area contributed by atoms with Crippen LogP contribution in [-0.4, -0.2) is 5.91 Å². The minimum Gasteiger partial charge on any atom is -0.398 e. The minimum absolute atomic E-state index is 0.150. The van der Waals surface area contributed by atoms with E-state index in [0.29, 0.717) is 22.8 Å². The van der Waals surface area contributed by atoms with Crippen molar-refractivity contribution in [2.75, 3.05) is 5.73 Å². The number of nitrogens with one attached hydrogen (secondary N) is 1. The molecule has 0 atom stereocenters. The Labute approximate surface area is 117 Å². The maximum Gasteiger partial charge on any atom is 0.251 e. The van der Waals surface area contributed by atoms with Crippen LogP contribution in [0.1, 0.15) is 21.5 Å². The number of hydrogen-bond donors (Lipinski definition) is 2. The molecule has 2 rings (SSSR count). The van der Waals surface area contributed by atoms with Gasteiger partial charge in [0.05, 0.1) is 0 Å². The van der Waals surface area contributed by atoms with Crippen LogP contribution in [0.4, 0.5) is 5.69 Å². The van der Waals surface area contributed by atoms with Crippen molar-refractivity contribution in [3.05, 3.63) is 64.2 Å². The number of halogens is 1. The van der Waals surface area contributed by atoms with Crippen LogP contribution in [0, 0.1) is 6.92 Å². The molecular formula is C15H15ClN2O. The molecule has 0 saturated carbocycles. The van der Waals surface area contributed by atoms with Gasteiger partial charge in [-0.3, -0.25) is 4.79 Å². The summed E-state index contributed by atoms with van der Waals surface area (Å²) in [5.74, 6) is -0.150. The Bertz CT molecular complexity index is 611. The van der Waals surface area contributed by atoms with E-state index in [1.807, 2.05) is 31.2 Å². The largest absolute Gasteiger partial charge is 0.398 e. The molecule has 2 aromatic carbocycles. The summed E-state index contributed by atoms with van der Waals surface area (Å²) in [6.07, 6.45) is 0. The maximum atomic E-state index is 12.1. The van der Waals surface area contributed by atoms with Gasteiger partial charge in [0.1, 0.15) is 0 Å². The van der Waals surface area contributed by atoms with E-state index >= 15 is 0 Å². The van der Waals surface area contributed by atoms with E-state index < -0.39 is 0 Å². The quantitative estimate of drug-likeness (QED) is 0.845. The molecule has 0 unspecified atom stereocenters. The van der Waals surface area contributed by atoms with Gasteiger partial charge in [0.2, 0.25) is 0 Å². The van der Waals surface area contributed by atoms with Gasteiger partial charge in [-0.2, -0.15) is 0 Å². The summed E-state index contributed by atoms with van der Waals surface area (Å²) >= 11 is 6.00. The number of para-hydroxylation sites is 1. The number of nitrogens with two attached hydrogens (primary N) is 1. The van der Waals surface area contributed by atoms with E-state index in [9.17, 15) is 4.79 Å². The number of amides is 1. The van der Waals surface area contributed by atoms with Gasteiger partial charge < -0.3 is 11.1 Å². The Kier molecular flexibility index (Phi) is 4.07. The number of anilines is 1. The van der Waals surface area contributed by atoms with Crippen molar-refractivity contribution in [2.45, 2.75) is 13.5 Å². The van der Waals surface area contributed by atoms with Crippen molar-refractivity contribution in [1.82, 2.24) is 5.32 Å². The van der Waals surface area contributed by atoms with Crippen molar-refractivity contribution in [3.8, 4) is 0 Å². The third kappa shape index (κ3) is 3.06. The average molecular weight is 275 g/mol. The highest BCUT2D eigenvalue weighted by molar-refractivity contribution is 6.31. The van der Waals surface area contributed by atoms with E-state index in [4.69, 9.17) is 17.3 Å². The van der Waals surface area contributed by atoms with Crippen molar-refractivity contribution >= 4 is 23.2 Å². The van der Waals surface area contributed by atoms with Crippen molar-refractivity contribution < 1.29 is 4.79 Å². The summed E-state index contributed by atoms with van der Waals surface area (Å²) in [4.78, 5) is 12.1. The van der Waals surface area contributed by atoms with Gasteiger partial charge in [0, 0.05) is 22.8 Å². The van der Waals surface area contributed by atoms with Crippen LogP contribution in [0.2, 0.25) is 5.02 Å². The molecule has 0 aromatic heterocycles. The van der Waals surface area contributed by atoms with Gasteiger partial charge in [0.25, 0.3) is 5.91 Å². The lowest BCUT2D eigenvalue weighted by atomic mass is 10.1. The monoisotopic (exact) mass is 274 g/mol. The summed E-state index contributed by atoms with van der Waals surface area (Å²) in [7, 11) is 0. The highest BCUT2D eigenvalue weighted by atomic mass is 35.5. The van der Waals surface area contributed by atoms with Gasteiger partial charge in [-0.1, -0.05) is 35.9 Å². The first kappa shape index (κ1) is 13.4. The highest BCUT2D eigenvalue weighted by Gasteiger charge is 2.10. The van der Waals surface area contributed by atoms with Gasteiger partial charge >= 0.3 is 0 Å². The smallest absolute Gasteiger partial charge is 0.251 e. The predicted molar refractivity (Wildman–Crippen MR) is 78.2 cm³/mol. The molecule has 0 aliphatic heterocycles. The number of benzene rings is 2. The standard InChI is InChI=1S/C15H15ClN2O/c1-10-12(6-4-7-13(10)16)15(19)18-9-11-5-2-3-8-14(11)17/h2-8H,9,17H2,1H3,(H,18,19). The summed E-state index contributed by atoms with van der Waals surface area (Å²) in [5.41, 5.74) is 8.76. The topological polar surface area (TPSA) is 55.1 Å². The number of rotatable bonds is 3. The number of carbonyl (C=O) groups is 1. The second-order valence-corrected chi connectivity index (χ2v) is 4.70. The van der Waals surface area contributed by atoms with Gasteiger partial charge in [-0.15, -0.1) is 0 Å². The van der Waals surface area contributed by atoms with Gasteiger partial charge in [0.15, 0.2) is 0 Å². The van der Waals surface area contributed by atoms with Crippen LogP contribution in [0.3, 0.4) is 0 Å². The molecule has 98 valence electrons. The fraction of sp³-hybridized carbons (Fsp3) is 0.133. The molecule has 4 heteroatoms. The molecule has 0 aliphatic carbocycles. The normalized spacial score (nSPS) is 10.2. The SMILES string of the molecule is Cc1c(Cl)cccc1C(=O)NCc1ccccc1N. The van der Waals surface area contributed by atoms with Crippen LogP contribution in [0.25, 0.3) is 0 Å². The van der Waals surface area contributed by atoms with Crippen molar-refractivity contribution in [1.29, 1.82) is 0 Å². The van der Waals surface area contributed by atoms with Crippen LogP contribution in [-0.2, 0) is 6.54 Å². The Morgan fingerprint density at radius 2 is 1.95 bits per heavy atom. The fourth-order valence-electron chi connectivity index (χ4n) is 1.82. The van der Waals surface area contributed by atoms with Crippen LogP contribution >= 0.6 is 11.6 Å². The van der Waals surface area contributed by atoms with E-state index in [2.05, 4.69) is 5.32 Å². The molecule has 19 heavy (non-hydrogen) atoms. The third-order valence-electron chi connectivity index (χ3n) is 3.01. The molecule has 0 spiro atoms. The molecule has 1 amide bonds. The van der Waals surface area contributed by atoms with Crippen molar-refractivity contribution in [3.63, 3.8) is 0 Å². The zero-order valence-corrected chi connectivity index (χ0v) is 11.4. The van der Waals surface area contributed by atoms with Crippen LogP contribution < -0.4 is 11.1 Å². The second-order valence-electron chi connectivity index (χ2n) is 4.29. The number of nitrogen functional groups attached to an aromatic ring is 1. The average Bonchev–Trinajstić information content (AvgIpc) is 2.40. The molecule has 0 heterocycles. The molecule has 0 aliphatic rings. The summed E-state index contributed by atoms with van der Waals surface area (Å²) < 4.78 is 0. The molecule has 0 saturated heterocycles. The first-order valence-electron chi connectivity index (χ1n) is 5.96. The Morgan fingerprint density at radius 1 is 1.21 bits per heavy atom. The van der Waals surface area contributed by atoms with E-state index in [0.717, 1.165) is 11.1 Å². The summed E-state index contributed by atoms with van der Waals surface area (Å²) in [6.45, 7) is 2.23. The third-order valence-corrected chi connectivity index (χ3v) is 3.42. The second kappa shape index (κ2) is 5.76. The molecule has 0 radical (unpaired) electrons. The zero-order chi connectivity index (χ0) is 13.8. The lowest BCUT2D eigenvalue weighted by Gasteiger charge is -2.10. The molecule has 0 fully saturated rings. The first-order valence-corrected chi connectivity index (χ1v) is 6.34. The Hall–Kier alpha value is -2.00. The molecular weight excluding hydrogens is 260 g/mol. The van der Waals surface area contributed by atoms with Gasteiger partial charge in [-0.25, -0.2) is 0 Å². The Balaban J connectivity index is 2.10. The first-order chi connectivity index (χ1) is 9.09. The molecule has 2 aromatic rings. The Morgan fingerprint density at radius 3 is 2.68 bits per heavy atom. The predicted octanol–water partition coefficient (Wildman–Crippen LogP) is 3.16. The van der Waals surface area contributed by atoms with Crippen molar-refractivity contribution in [2.24, 2.45) is 0 Å². The van der Waals surface area contributed by atoms with E-state index in [-0.39, 0.29) is 5.91 Å². The fourth-order valence-corrected chi connectivity index (χ4v) is 1.99. The lowest BCUT2D eigenvalue weighted by molar-refractivity contribution is 0.0950. The zero-order valence-electron chi connectivity index (χ0n) is 10.6. The van der Waals surface area contributed by atoms with Crippen LogP contribution in [0.15, 0.2) is 42.5 Å². The van der Waals surface area contributed by atoms with Crippen LogP contribution in [0.5, 0.6) is 0 Å². The molecule has 3 nitrogen and oxygen atoms in total. The maximum absolute atomic E-state index is 12.1.